The first-order valence-corrected chi connectivity index (χ1v) is 8.32. The summed E-state index contributed by atoms with van der Waals surface area (Å²) < 4.78 is 23.2. The third-order valence-corrected chi connectivity index (χ3v) is 5.58. The summed E-state index contributed by atoms with van der Waals surface area (Å²) in [5.74, 6) is -0.348. The van der Waals surface area contributed by atoms with Gasteiger partial charge in [-0.05, 0) is 28.1 Å². The second-order valence-corrected chi connectivity index (χ2v) is 7.65. The molecule has 1 atom stereocenters. The molecule has 1 aliphatic rings. The van der Waals surface area contributed by atoms with Gasteiger partial charge in [0, 0.05) is 17.4 Å². The quantitative estimate of drug-likeness (QED) is 0.789. The minimum Gasteiger partial charge on any atom is -0.309 e. The predicted octanol–water partition coefficient (Wildman–Crippen LogP) is 2.15. The Kier molecular flexibility index (Phi) is 4.13. The molecule has 0 bridgehead atoms. The van der Waals surface area contributed by atoms with E-state index in [1.54, 1.807) is 6.07 Å². The van der Waals surface area contributed by atoms with Crippen LogP contribution in [0.1, 0.15) is 6.42 Å². The van der Waals surface area contributed by atoms with Crippen molar-refractivity contribution in [2.24, 2.45) is 5.14 Å². The Balaban J connectivity index is 2.39. The van der Waals surface area contributed by atoms with E-state index in [1.807, 2.05) is 0 Å². The molecule has 1 heterocycles. The van der Waals surface area contributed by atoms with Crippen LogP contribution in [0.15, 0.2) is 16.6 Å². The molecular formula is C10H9BrCl2N2O3S. The number of hydrogen-bond acceptors (Lipinski definition) is 3. The molecule has 0 spiro atoms. The van der Waals surface area contributed by atoms with Gasteiger partial charge in [0.25, 0.3) is 0 Å². The highest BCUT2D eigenvalue weighted by atomic mass is 79.9. The highest BCUT2D eigenvalue weighted by Gasteiger charge is 2.38. The number of carbonyl (C=O) groups is 1. The first kappa shape index (κ1) is 15.1. The normalized spacial score (nSPS) is 20.1. The summed E-state index contributed by atoms with van der Waals surface area (Å²) >= 11 is 15.2. The number of hydrogen-bond donors (Lipinski definition) is 1. The number of anilines is 1. The molecule has 1 aromatic rings. The van der Waals surface area contributed by atoms with Gasteiger partial charge in [0.05, 0.1) is 15.7 Å². The molecule has 9 heteroatoms. The van der Waals surface area contributed by atoms with Crippen LogP contribution in [0.3, 0.4) is 0 Å². The van der Waals surface area contributed by atoms with E-state index in [1.165, 1.54) is 11.0 Å². The third-order valence-electron chi connectivity index (χ3n) is 2.83. The van der Waals surface area contributed by atoms with E-state index in [-0.39, 0.29) is 18.9 Å². The molecule has 1 unspecified atom stereocenters. The van der Waals surface area contributed by atoms with Gasteiger partial charge >= 0.3 is 0 Å². The van der Waals surface area contributed by atoms with Crippen molar-refractivity contribution in [3.8, 4) is 0 Å². The molecule has 1 aromatic carbocycles. The number of nitrogens with zero attached hydrogens (tertiary/aromatic N) is 1. The van der Waals surface area contributed by atoms with Gasteiger partial charge in [0.2, 0.25) is 15.9 Å². The predicted molar refractivity (Wildman–Crippen MR) is 78.0 cm³/mol. The van der Waals surface area contributed by atoms with Crippen LogP contribution >= 0.6 is 39.1 Å². The van der Waals surface area contributed by atoms with Crippen LogP contribution in [0, 0.1) is 0 Å². The zero-order valence-corrected chi connectivity index (χ0v) is 13.4. The average molecular weight is 388 g/mol. The van der Waals surface area contributed by atoms with Crippen LogP contribution in [-0.2, 0) is 14.8 Å². The lowest BCUT2D eigenvalue weighted by Gasteiger charge is -2.18. The van der Waals surface area contributed by atoms with Crippen molar-refractivity contribution in [3.63, 3.8) is 0 Å². The maximum absolute atomic E-state index is 11.9. The fourth-order valence-electron chi connectivity index (χ4n) is 1.85. The van der Waals surface area contributed by atoms with Crippen LogP contribution in [0.25, 0.3) is 0 Å². The molecular weight excluding hydrogens is 379 g/mol. The largest absolute Gasteiger partial charge is 0.309 e. The van der Waals surface area contributed by atoms with Crippen molar-refractivity contribution in [1.29, 1.82) is 0 Å². The minimum absolute atomic E-state index is 0.0185. The standard InChI is InChI=1S/C10H9BrCl2N2O3S/c11-6-2-8(13)9(3-7(6)12)15-4-5(1-10(15)16)19(14,17)18/h2-3,5H,1,4H2,(H2,14,17,18). The number of nitrogens with two attached hydrogens (primary N) is 1. The average Bonchev–Trinajstić information content (AvgIpc) is 2.65. The summed E-state index contributed by atoms with van der Waals surface area (Å²) in [6.07, 6.45) is -0.150. The highest BCUT2D eigenvalue weighted by Crippen LogP contribution is 2.36. The van der Waals surface area contributed by atoms with Gasteiger partial charge in [-0.15, -0.1) is 0 Å². The summed E-state index contributed by atoms with van der Waals surface area (Å²) in [5, 5.41) is 4.83. The summed E-state index contributed by atoms with van der Waals surface area (Å²) in [5.41, 5.74) is 0.381. The Hall–Kier alpha value is -0.340. The second kappa shape index (κ2) is 5.21. The van der Waals surface area contributed by atoms with E-state index >= 15 is 0 Å². The van der Waals surface area contributed by atoms with Gasteiger partial charge in [-0.2, -0.15) is 0 Å². The van der Waals surface area contributed by atoms with Crippen molar-refractivity contribution in [2.45, 2.75) is 11.7 Å². The van der Waals surface area contributed by atoms with Gasteiger partial charge in [-0.1, -0.05) is 23.2 Å². The van der Waals surface area contributed by atoms with Crippen molar-refractivity contribution < 1.29 is 13.2 Å². The Bertz CT molecular complexity index is 650. The Morgan fingerprint density at radius 3 is 2.47 bits per heavy atom. The number of carbonyl (C=O) groups excluding carboxylic acids is 1. The van der Waals surface area contributed by atoms with Gasteiger partial charge in [0.15, 0.2) is 0 Å². The molecule has 1 saturated heterocycles. The van der Waals surface area contributed by atoms with Gasteiger partial charge in [-0.3, -0.25) is 4.79 Å². The summed E-state index contributed by atoms with van der Waals surface area (Å²) in [4.78, 5) is 13.2. The molecule has 0 saturated carbocycles. The van der Waals surface area contributed by atoms with Crippen LogP contribution in [0.4, 0.5) is 5.69 Å². The summed E-state index contributed by atoms with van der Waals surface area (Å²) in [6, 6.07) is 3.06. The van der Waals surface area contributed by atoms with E-state index in [4.69, 9.17) is 28.3 Å². The zero-order chi connectivity index (χ0) is 14.4. The molecule has 0 aliphatic carbocycles. The summed E-state index contributed by atoms with van der Waals surface area (Å²) in [6.45, 7) is -0.0185. The number of rotatable bonds is 2. The lowest BCUT2D eigenvalue weighted by atomic mass is 10.3. The molecule has 19 heavy (non-hydrogen) atoms. The molecule has 0 radical (unpaired) electrons. The second-order valence-electron chi connectivity index (χ2n) is 4.14. The third kappa shape index (κ3) is 3.05. The van der Waals surface area contributed by atoms with Crippen molar-refractivity contribution >= 4 is 60.7 Å². The van der Waals surface area contributed by atoms with Gasteiger partial charge in [0.1, 0.15) is 5.25 Å². The fourth-order valence-corrected chi connectivity index (χ4v) is 3.48. The van der Waals surface area contributed by atoms with E-state index in [9.17, 15) is 13.2 Å². The first-order chi connectivity index (χ1) is 8.70. The van der Waals surface area contributed by atoms with Gasteiger partial charge < -0.3 is 4.90 Å². The maximum Gasteiger partial charge on any atom is 0.228 e. The molecule has 1 amide bonds. The van der Waals surface area contributed by atoms with E-state index in [2.05, 4.69) is 15.9 Å². The van der Waals surface area contributed by atoms with E-state index in [0.29, 0.717) is 20.2 Å². The fraction of sp³-hybridized carbons (Fsp3) is 0.300. The number of halogens is 3. The number of primary sulfonamides is 1. The highest BCUT2D eigenvalue weighted by molar-refractivity contribution is 9.10. The Morgan fingerprint density at radius 2 is 1.95 bits per heavy atom. The number of amides is 1. The topological polar surface area (TPSA) is 80.5 Å². The first-order valence-electron chi connectivity index (χ1n) is 5.16. The minimum atomic E-state index is -3.76. The van der Waals surface area contributed by atoms with Crippen LogP contribution in [0.5, 0.6) is 0 Å². The van der Waals surface area contributed by atoms with Crippen LogP contribution in [0.2, 0.25) is 10.0 Å². The van der Waals surface area contributed by atoms with Crippen LogP contribution < -0.4 is 10.0 Å². The maximum atomic E-state index is 11.9. The molecule has 1 fully saturated rings. The molecule has 0 aromatic heterocycles. The lowest BCUT2D eigenvalue weighted by molar-refractivity contribution is -0.117. The smallest absolute Gasteiger partial charge is 0.228 e. The lowest BCUT2D eigenvalue weighted by Crippen LogP contribution is -2.32. The monoisotopic (exact) mass is 386 g/mol. The van der Waals surface area contributed by atoms with Crippen molar-refractivity contribution in [3.05, 3.63) is 26.7 Å². The zero-order valence-electron chi connectivity index (χ0n) is 9.44. The molecule has 104 valence electrons. The van der Waals surface area contributed by atoms with Crippen LogP contribution in [-0.4, -0.2) is 26.1 Å². The van der Waals surface area contributed by atoms with Crippen molar-refractivity contribution in [1.82, 2.24) is 0 Å². The Labute approximate surface area is 128 Å². The number of benzene rings is 1. The van der Waals surface area contributed by atoms with Crippen molar-refractivity contribution in [2.75, 3.05) is 11.4 Å². The SMILES string of the molecule is NS(=O)(=O)C1CC(=O)N(c2cc(Cl)c(Br)cc2Cl)C1. The molecule has 1 aliphatic heterocycles. The van der Waals surface area contributed by atoms with E-state index in [0.717, 1.165) is 0 Å². The molecule has 5 nitrogen and oxygen atoms in total. The van der Waals surface area contributed by atoms with E-state index < -0.39 is 15.3 Å². The molecule has 2 N–H and O–H groups in total. The number of sulfonamides is 1. The Morgan fingerprint density at radius 1 is 1.32 bits per heavy atom. The molecule has 2 rings (SSSR count). The van der Waals surface area contributed by atoms with Gasteiger partial charge in [-0.25, -0.2) is 13.6 Å². The summed E-state index contributed by atoms with van der Waals surface area (Å²) in [7, 11) is -3.76.